The highest BCUT2D eigenvalue weighted by atomic mass is 35.5. The zero-order valence-electron chi connectivity index (χ0n) is 14.9. The van der Waals surface area contributed by atoms with E-state index in [2.05, 4.69) is 46.5 Å². The number of halogens is 1. The van der Waals surface area contributed by atoms with Crippen LogP contribution in [0.25, 0.3) is 0 Å². The second-order valence-electron chi connectivity index (χ2n) is 6.26. The van der Waals surface area contributed by atoms with Crippen LogP contribution in [0.2, 0.25) is 5.15 Å². The number of aromatic nitrogens is 3. The van der Waals surface area contributed by atoms with Gasteiger partial charge in [0.25, 0.3) is 0 Å². The fourth-order valence-electron chi connectivity index (χ4n) is 2.82. The smallest absolute Gasteiger partial charge is 0.132 e. The van der Waals surface area contributed by atoms with Crippen LogP contribution < -0.4 is 0 Å². The van der Waals surface area contributed by atoms with Crippen LogP contribution >= 0.6 is 22.9 Å². The minimum absolute atomic E-state index is 0.691. The Morgan fingerprint density at radius 3 is 2.64 bits per heavy atom. The average molecular weight is 375 g/mol. The zero-order chi connectivity index (χ0) is 17.8. The summed E-state index contributed by atoms with van der Waals surface area (Å²) >= 11 is 8.34. The Labute approximate surface area is 158 Å². The van der Waals surface area contributed by atoms with Crippen LogP contribution in [0.4, 0.5) is 0 Å². The second kappa shape index (κ2) is 8.13. The van der Waals surface area contributed by atoms with E-state index in [4.69, 9.17) is 11.6 Å². The summed E-state index contributed by atoms with van der Waals surface area (Å²) in [5.41, 5.74) is 4.39. The summed E-state index contributed by atoms with van der Waals surface area (Å²) in [7, 11) is 2.09. The second-order valence-corrected chi connectivity index (χ2v) is 7.56. The number of hydrogen-bond donors (Lipinski definition) is 0. The molecule has 3 rings (SSSR count). The SMILES string of the molecule is CCc1nc(CN(C)Cc2c(C)nn(Cc3ccccc3)c2Cl)cs1. The quantitative estimate of drug-likeness (QED) is 0.608. The fraction of sp³-hybridized carbons (Fsp3) is 0.368. The molecule has 0 unspecified atom stereocenters. The van der Waals surface area contributed by atoms with E-state index in [9.17, 15) is 0 Å². The largest absolute Gasteiger partial charge is 0.296 e. The standard InChI is InChI=1S/C19H23ClN4S/c1-4-18-21-16(13-25-18)11-23(3)12-17-14(2)22-24(19(17)20)10-15-8-6-5-7-9-15/h5-9,13H,4,10-12H2,1-3H3. The monoisotopic (exact) mass is 374 g/mol. The molecule has 0 aliphatic carbocycles. The van der Waals surface area contributed by atoms with Crippen molar-refractivity contribution < 1.29 is 0 Å². The van der Waals surface area contributed by atoms with E-state index in [0.29, 0.717) is 6.54 Å². The first kappa shape index (κ1) is 18.1. The van der Waals surface area contributed by atoms with E-state index in [1.165, 1.54) is 10.6 Å². The average Bonchev–Trinajstić information content (AvgIpc) is 3.16. The first-order chi connectivity index (χ1) is 12.1. The third-order valence-corrected chi connectivity index (χ3v) is 5.59. The van der Waals surface area contributed by atoms with Crippen molar-refractivity contribution in [3.8, 4) is 0 Å². The summed E-state index contributed by atoms with van der Waals surface area (Å²) in [5.74, 6) is 0. The maximum atomic E-state index is 6.61. The van der Waals surface area contributed by atoms with Gasteiger partial charge in [-0.1, -0.05) is 48.9 Å². The van der Waals surface area contributed by atoms with E-state index < -0.39 is 0 Å². The number of aryl methyl sites for hydroxylation is 2. The van der Waals surface area contributed by atoms with E-state index in [-0.39, 0.29) is 0 Å². The molecule has 0 saturated heterocycles. The molecule has 0 fully saturated rings. The van der Waals surface area contributed by atoms with Gasteiger partial charge in [-0.3, -0.25) is 4.90 Å². The fourth-order valence-corrected chi connectivity index (χ4v) is 3.85. The first-order valence-corrected chi connectivity index (χ1v) is 9.70. The zero-order valence-corrected chi connectivity index (χ0v) is 16.4. The van der Waals surface area contributed by atoms with Crippen LogP contribution in [0.15, 0.2) is 35.7 Å². The third kappa shape index (κ3) is 4.48. The molecule has 2 aromatic heterocycles. The molecule has 6 heteroatoms. The van der Waals surface area contributed by atoms with Crippen molar-refractivity contribution in [2.24, 2.45) is 0 Å². The number of thiazole rings is 1. The van der Waals surface area contributed by atoms with E-state index in [0.717, 1.165) is 41.6 Å². The number of hydrogen-bond acceptors (Lipinski definition) is 4. The van der Waals surface area contributed by atoms with Crippen molar-refractivity contribution in [2.75, 3.05) is 7.05 Å². The van der Waals surface area contributed by atoms with Crippen molar-refractivity contribution in [2.45, 2.75) is 39.9 Å². The summed E-state index contributed by atoms with van der Waals surface area (Å²) in [6.45, 7) is 6.43. The van der Waals surface area contributed by atoms with Gasteiger partial charge in [0, 0.05) is 24.0 Å². The molecule has 0 aliphatic heterocycles. The van der Waals surface area contributed by atoms with Crippen molar-refractivity contribution in [3.63, 3.8) is 0 Å². The maximum absolute atomic E-state index is 6.61. The molecule has 0 bridgehead atoms. The molecule has 0 spiro atoms. The van der Waals surface area contributed by atoms with Gasteiger partial charge in [0.2, 0.25) is 0 Å². The van der Waals surface area contributed by atoms with Crippen LogP contribution in [0.5, 0.6) is 0 Å². The van der Waals surface area contributed by atoms with Gasteiger partial charge in [0.15, 0.2) is 0 Å². The minimum Gasteiger partial charge on any atom is -0.296 e. The lowest BCUT2D eigenvalue weighted by molar-refractivity contribution is 0.315. The van der Waals surface area contributed by atoms with E-state index in [1.807, 2.05) is 29.8 Å². The van der Waals surface area contributed by atoms with Crippen LogP contribution in [-0.2, 0) is 26.1 Å². The Morgan fingerprint density at radius 2 is 1.96 bits per heavy atom. The predicted molar refractivity (Wildman–Crippen MR) is 104 cm³/mol. The third-order valence-electron chi connectivity index (χ3n) is 4.12. The van der Waals surface area contributed by atoms with Gasteiger partial charge in [-0.25, -0.2) is 9.67 Å². The molecule has 2 heterocycles. The molecule has 0 N–H and O–H groups in total. The summed E-state index contributed by atoms with van der Waals surface area (Å²) in [4.78, 5) is 6.87. The predicted octanol–water partition coefficient (Wildman–Crippen LogP) is 4.54. The topological polar surface area (TPSA) is 34.0 Å². The van der Waals surface area contributed by atoms with Gasteiger partial charge in [-0.15, -0.1) is 11.3 Å². The molecule has 1 aromatic carbocycles. The molecule has 0 radical (unpaired) electrons. The Balaban J connectivity index is 1.69. The summed E-state index contributed by atoms with van der Waals surface area (Å²) < 4.78 is 1.88. The lowest BCUT2D eigenvalue weighted by atomic mass is 10.2. The summed E-state index contributed by atoms with van der Waals surface area (Å²) in [6, 6.07) is 10.3. The lowest BCUT2D eigenvalue weighted by Crippen LogP contribution is -2.18. The molecule has 0 saturated carbocycles. The normalized spacial score (nSPS) is 11.4. The van der Waals surface area contributed by atoms with Crippen LogP contribution in [0.1, 0.15) is 34.4 Å². The van der Waals surface area contributed by atoms with Gasteiger partial charge in [0.05, 0.1) is 22.9 Å². The van der Waals surface area contributed by atoms with Gasteiger partial charge in [-0.2, -0.15) is 5.10 Å². The lowest BCUT2D eigenvalue weighted by Gasteiger charge is -2.15. The molecule has 3 aromatic rings. The van der Waals surface area contributed by atoms with Gasteiger partial charge in [-0.05, 0) is 26.0 Å². The highest BCUT2D eigenvalue weighted by molar-refractivity contribution is 7.09. The molecule has 132 valence electrons. The van der Waals surface area contributed by atoms with Crippen molar-refractivity contribution >= 4 is 22.9 Å². The van der Waals surface area contributed by atoms with E-state index in [1.54, 1.807) is 11.3 Å². The Kier molecular flexibility index (Phi) is 5.89. The van der Waals surface area contributed by atoms with Gasteiger partial charge >= 0.3 is 0 Å². The van der Waals surface area contributed by atoms with Crippen molar-refractivity contribution in [1.29, 1.82) is 0 Å². The molecule has 0 amide bonds. The molecule has 0 aliphatic rings. The number of benzene rings is 1. The highest BCUT2D eigenvalue weighted by Gasteiger charge is 2.16. The van der Waals surface area contributed by atoms with Crippen molar-refractivity contribution in [1.82, 2.24) is 19.7 Å². The molecule has 4 nitrogen and oxygen atoms in total. The molecule has 0 atom stereocenters. The molecular weight excluding hydrogens is 352 g/mol. The van der Waals surface area contributed by atoms with Crippen LogP contribution in [-0.4, -0.2) is 26.7 Å². The van der Waals surface area contributed by atoms with Crippen LogP contribution in [0, 0.1) is 6.92 Å². The summed E-state index contributed by atoms with van der Waals surface area (Å²) in [6.07, 6.45) is 0.992. The van der Waals surface area contributed by atoms with Crippen LogP contribution in [0.3, 0.4) is 0 Å². The number of rotatable bonds is 7. The first-order valence-electron chi connectivity index (χ1n) is 8.44. The summed E-state index contributed by atoms with van der Waals surface area (Å²) in [5, 5.41) is 8.68. The minimum atomic E-state index is 0.691. The van der Waals surface area contributed by atoms with Crippen molar-refractivity contribution in [3.05, 3.63) is 68.4 Å². The van der Waals surface area contributed by atoms with Gasteiger partial charge < -0.3 is 0 Å². The van der Waals surface area contributed by atoms with Gasteiger partial charge in [0.1, 0.15) is 5.15 Å². The van der Waals surface area contributed by atoms with E-state index >= 15 is 0 Å². The number of nitrogens with zero attached hydrogens (tertiary/aromatic N) is 4. The molecular formula is C19H23ClN4S. The molecule has 25 heavy (non-hydrogen) atoms. The highest BCUT2D eigenvalue weighted by Crippen LogP contribution is 2.23. The Bertz CT molecular complexity index is 825. The Morgan fingerprint density at radius 1 is 1.20 bits per heavy atom. The maximum Gasteiger partial charge on any atom is 0.132 e. The Hall–Kier alpha value is -1.69.